The molecule has 84 valence electrons. The Bertz CT molecular complexity index is 425. The highest BCUT2D eigenvalue weighted by Crippen LogP contribution is 2.42. The van der Waals surface area contributed by atoms with Crippen LogP contribution < -0.4 is 0 Å². The first-order chi connectivity index (χ1) is 7.79. The van der Waals surface area contributed by atoms with Crippen LogP contribution in [0.2, 0.25) is 0 Å². The van der Waals surface area contributed by atoms with Crippen LogP contribution in [-0.2, 0) is 0 Å². The standard InChI is InChI=1S/C16H20/c1-4-9-14-12(3)15-10-7-6-8-11-16(15)13(14)5-2/h4,6-10,12H,5,11H2,1-3H3. The topological polar surface area (TPSA) is 0 Å². The van der Waals surface area contributed by atoms with Crippen LogP contribution in [-0.4, -0.2) is 0 Å². The van der Waals surface area contributed by atoms with E-state index in [2.05, 4.69) is 57.2 Å². The minimum Gasteiger partial charge on any atom is -0.0874 e. The van der Waals surface area contributed by atoms with Crippen LogP contribution in [0.3, 0.4) is 0 Å². The van der Waals surface area contributed by atoms with Crippen LogP contribution in [0.5, 0.6) is 0 Å². The molecule has 0 aliphatic heterocycles. The fraction of sp³-hybridized carbons (Fsp3) is 0.375. The van der Waals surface area contributed by atoms with Gasteiger partial charge in [-0.25, -0.2) is 0 Å². The third-order valence-corrected chi connectivity index (χ3v) is 3.54. The molecule has 1 atom stereocenters. The summed E-state index contributed by atoms with van der Waals surface area (Å²) in [6.45, 7) is 6.69. The monoisotopic (exact) mass is 212 g/mol. The van der Waals surface area contributed by atoms with Crippen LogP contribution in [0, 0.1) is 5.92 Å². The summed E-state index contributed by atoms with van der Waals surface area (Å²) in [6, 6.07) is 0. The molecule has 0 spiro atoms. The smallest absolute Gasteiger partial charge is 0.00666 e. The Hall–Kier alpha value is -1.30. The molecule has 2 aliphatic carbocycles. The molecule has 0 aromatic rings. The van der Waals surface area contributed by atoms with Crippen molar-refractivity contribution in [1.82, 2.24) is 0 Å². The van der Waals surface area contributed by atoms with Crippen LogP contribution in [0.15, 0.2) is 58.7 Å². The van der Waals surface area contributed by atoms with Crippen molar-refractivity contribution >= 4 is 0 Å². The quantitative estimate of drug-likeness (QED) is 0.620. The second kappa shape index (κ2) is 4.69. The molecule has 0 fully saturated rings. The number of allylic oxidation sites excluding steroid dienone is 10. The number of hydrogen-bond acceptors (Lipinski definition) is 0. The maximum absolute atomic E-state index is 2.32. The Morgan fingerprint density at radius 2 is 2.19 bits per heavy atom. The van der Waals surface area contributed by atoms with Gasteiger partial charge in [-0.15, -0.1) is 0 Å². The van der Waals surface area contributed by atoms with Gasteiger partial charge in [0, 0.05) is 5.92 Å². The zero-order valence-corrected chi connectivity index (χ0v) is 10.5. The molecule has 0 N–H and O–H groups in total. The summed E-state index contributed by atoms with van der Waals surface area (Å²) in [5.41, 5.74) is 6.18. The van der Waals surface area contributed by atoms with E-state index in [4.69, 9.17) is 0 Å². The van der Waals surface area contributed by atoms with Crippen molar-refractivity contribution in [2.45, 2.75) is 33.6 Å². The molecular formula is C16H20. The van der Waals surface area contributed by atoms with Gasteiger partial charge >= 0.3 is 0 Å². The van der Waals surface area contributed by atoms with Crippen LogP contribution in [0.1, 0.15) is 33.6 Å². The van der Waals surface area contributed by atoms with E-state index >= 15 is 0 Å². The van der Waals surface area contributed by atoms with E-state index < -0.39 is 0 Å². The molecule has 0 amide bonds. The van der Waals surface area contributed by atoms with Crippen molar-refractivity contribution in [2.24, 2.45) is 5.92 Å². The molecule has 0 bridgehead atoms. The van der Waals surface area contributed by atoms with E-state index in [-0.39, 0.29) is 0 Å². The van der Waals surface area contributed by atoms with Gasteiger partial charge in [0.1, 0.15) is 0 Å². The van der Waals surface area contributed by atoms with Crippen LogP contribution in [0.4, 0.5) is 0 Å². The summed E-state index contributed by atoms with van der Waals surface area (Å²) in [5.74, 6) is 0.567. The van der Waals surface area contributed by atoms with E-state index in [0.29, 0.717) is 5.92 Å². The molecule has 0 aromatic heterocycles. The normalized spacial score (nSPS) is 24.6. The second-order valence-electron chi connectivity index (χ2n) is 4.43. The zero-order valence-electron chi connectivity index (χ0n) is 10.5. The molecule has 0 saturated carbocycles. The summed E-state index contributed by atoms with van der Waals surface area (Å²) >= 11 is 0. The Morgan fingerprint density at radius 3 is 2.88 bits per heavy atom. The lowest BCUT2D eigenvalue weighted by Crippen LogP contribution is -1.95. The fourth-order valence-corrected chi connectivity index (χ4v) is 2.79. The Labute approximate surface area is 98.8 Å². The highest BCUT2D eigenvalue weighted by molar-refractivity contribution is 5.58. The first-order valence-corrected chi connectivity index (χ1v) is 6.22. The minimum absolute atomic E-state index is 0.567. The van der Waals surface area contributed by atoms with Gasteiger partial charge in [0.2, 0.25) is 0 Å². The first-order valence-electron chi connectivity index (χ1n) is 6.22. The molecule has 16 heavy (non-hydrogen) atoms. The average Bonchev–Trinajstić information content (AvgIpc) is 2.49. The van der Waals surface area contributed by atoms with Gasteiger partial charge < -0.3 is 0 Å². The zero-order chi connectivity index (χ0) is 11.5. The van der Waals surface area contributed by atoms with Gasteiger partial charge in [-0.2, -0.15) is 0 Å². The third kappa shape index (κ3) is 1.73. The largest absolute Gasteiger partial charge is 0.0874 e. The molecular weight excluding hydrogens is 192 g/mol. The maximum Gasteiger partial charge on any atom is 0.00666 e. The SMILES string of the molecule is CC=CC1=C(CC)C2=C(C=CC=CC2)C1C. The fourth-order valence-electron chi connectivity index (χ4n) is 2.79. The van der Waals surface area contributed by atoms with Crippen LogP contribution in [0.25, 0.3) is 0 Å². The highest BCUT2D eigenvalue weighted by atomic mass is 14.3. The molecule has 2 rings (SSSR count). The highest BCUT2D eigenvalue weighted by Gasteiger charge is 2.26. The predicted molar refractivity (Wildman–Crippen MR) is 71.2 cm³/mol. The van der Waals surface area contributed by atoms with Gasteiger partial charge in [0.05, 0.1) is 0 Å². The van der Waals surface area contributed by atoms with E-state index in [1.807, 2.05) is 0 Å². The summed E-state index contributed by atoms with van der Waals surface area (Å²) in [5, 5.41) is 0. The van der Waals surface area contributed by atoms with E-state index in [9.17, 15) is 0 Å². The second-order valence-corrected chi connectivity index (χ2v) is 4.43. The van der Waals surface area contributed by atoms with E-state index in [0.717, 1.165) is 12.8 Å². The Morgan fingerprint density at radius 1 is 1.38 bits per heavy atom. The van der Waals surface area contributed by atoms with E-state index in [1.54, 1.807) is 11.1 Å². The number of rotatable bonds is 2. The summed E-state index contributed by atoms with van der Waals surface area (Å²) < 4.78 is 0. The van der Waals surface area contributed by atoms with Gasteiger partial charge in [0.15, 0.2) is 0 Å². The van der Waals surface area contributed by atoms with Crippen LogP contribution >= 0.6 is 0 Å². The van der Waals surface area contributed by atoms with Crippen molar-refractivity contribution in [3.05, 3.63) is 58.7 Å². The van der Waals surface area contributed by atoms with Crippen molar-refractivity contribution in [3.63, 3.8) is 0 Å². The molecule has 0 heterocycles. The molecule has 0 heteroatoms. The Kier molecular flexibility index (Phi) is 3.28. The van der Waals surface area contributed by atoms with E-state index in [1.165, 1.54) is 11.1 Å². The Balaban J connectivity index is 2.48. The minimum atomic E-state index is 0.567. The molecule has 1 unspecified atom stereocenters. The number of hydrogen-bond donors (Lipinski definition) is 0. The summed E-state index contributed by atoms with van der Waals surface area (Å²) in [4.78, 5) is 0. The summed E-state index contributed by atoms with van der Waals surface area (Å²) in [6.07, 6.45) is 15.6. The lowest BCUT2D eigenvalue weighted by Gasteiger charge is -2.08. The third-order valence-electron chi connectivity index (χ3n) is 3.54. The van der Waals surface area contributed by atoms with Gasteiger partial charge in [-0.1, -0.05) is 50.3 Å². The molecule has 0 radical (unpaired) electrons. The van der Waals surface area contributed by atoms with Gasteiger partial charge in [0.25, 0.3) is 0 Å². The van der Waals surface area contributed by atoms with Crippen molar-refractivity contribution < 1.29 is 0 Å². The lowest BCUT2D eigenvalue weighted by molar-refractivity contribution is 0.858. The van der Waals surface area contributed by atoms with Gasteiger partial charge in [-0.3, -0.25) is 0 Å². The van der Waals surface area contributed by atoms with Crippen molar-refractivity contribution in [2.75, 3.05) is 0 Å². The van der Waals surface area contributed by atoms with Crippen molar-refractivity contribution in [1.29, 1.82) is 0 Å². The molecule has 0 saturated heterocycles. The predicted octanol–water partition coefficient (Wildman–Crippen LogP) is 4.73. The molecule has 0 nitrogen and oxygen atoms in total. The average molecular weight is 212 g/mol. The lowest BCUT2D eigenvalue weighted by atomic mass is 9.96. The first kappa shape index (κ1) is 11.2. The molecule has 0 aromatic carbocycles. The maximum atomic E-state index is 2.32. The molecule has 2 aliphatic rings. The van der Waals surface area contributed by atoms with Crippen molar-refractivity contribution in [3.8, 4) is 0 Å². The van der Waals surface area contributed by atoms with Gasteiger partial charge in [-0.05, 0) is 42.1 Å². The summed E-state index contributed by atoms with van der Waals surface area (Å²) in [7, 11) is 0.